The smallest absolute Gasteiger partial charge is 0.0229 e. The molecular weight excluding hydrogens is 198 g/mol. The van der Waals surface area contributed by atoms with Crippen LogP contribution in [0.25, 0.3) is 0 Å². The van der Waals surface area contributed by atoms with Crippen LogP contribution in [0.5, 0.6) is 0 Å². The monoisotopic (exact) mass is 227 g/mol. The van der Waals surface area contributed by atoms with Crippen LogP contribution < -0.4 is 5.32 Å². The van der Waals surface area contributed by atoms with Gasteiger partial charge in [0.15, 0.2) is 0 Å². The fourth-order valence-corrected chi connectivity index (χ4v) is 2.40. The highest BCUT2D eigenvalue weighted by molar-refractivity contribution is 4.83. The predicted molar refractivity (Wildman–Crippen MR) is 70.9 cm³/mol. The van der Waals surface area contributed by atoms with Gasteiger partial charge in [-0.05, 0) is 46.4 Å². The molecule has 0 amide bonds. The van der Waals surface area contributed by atoms with Crippen molar-refractivity contribution >= 4 is 0 Å². The Hall–Kier alpha value is -0.120. The van der Waals surface area contributed by atoms with E-state index in [0.29, 0.717) is 6.04 Å². The van der Waals surface area contributed by atoms with E-state index in [4.69, 9.17) is 0 Å². The van der Waals surface area contributed by atoms with Crippen LogP contribution in [0, 0.1) is 0 Å². The van der Waals surface area contributed by atoms with Crippen molar-refractivity contribution in [2.75, 3.05) is 40.3 Å². The van der Waals surface area contributed by atoms with Crippen molar-refractivity contribution in [1.82, 2.24) is 15.1 Å². The largest absolute Gasteiger partial charge is 0.313 e. The highest BCUT2D eigenvalue weighted by Crippen LogP contribution is 2.13. The van der Waals surface area contributed by atoms with Crippen molar-refractivity contribution in [3.63, 3.8) is 0 Å². The summed E-state index contributed by atoms with van der Waals surface area (Å²) in [5.41, 5.74) is 0. The molecule has 0 spiro atoms. The third-order valence-electron chi connectivity index (χ3n) is 3.63. The molecule has 0 bridgehead atoms. The molecule has 1 aliphatic rings. The van der Waals surface area contributed by atoms with Crippen LogP contribution in [0.15, 0.2) is 0 Å². The fourth-order valence-electron chi connectivity index (χ4n) is 2.40. The lowest BCUT2D eigenvalue weighted by molar-refractivity contribution is 0.248. The standard InChI is InChI=1S/C13H29N3/c1-5-8-14-12(6-2)10-16-9-7-13(11-16)15(3)4/h12-14H,5-11H2,1-4H3. The first-order valence-corrected chi connectivity index (χ1v) is 6.79. The van der Waals surface area contributed by atoms with Gasteiger partial charge in [-0.2, -0.15) is 0 Å². The fraction of sp³-hybridized carbons (Fsp3) is 1.00. The van der Waals surface area contributed by atoms with Crippen molar-refractivity contribution in [2.45, 2.75) is 45.2 Å². The molecule has 96 valence electrons. The topological polar surface area (TPSA) is 18.5 Å². The zero-order valence-corrected chi connectivity index (χ0v) is 11.5. The summed E-state index contributed by atoms with van der Waals surface area (Å²) >= 11 is 0. The molecule has 1 N–H and O–H groups in total. The normalized spacial score (nSPS) is 24.2. The van der Waals surface area contributed by atoms with Crippen LogP contribution >= 0.6 is 0 Å². The Bertz CT molecular complexity index is 182. The molecule has 3 heteroatoms. The number of hydrogen-bond donors (Lipinski definition) is 1. The van der Waals surface area contributed by atoms with E-state index < -0.39 is 0 Å². The van der Waals surface area contributed by atoms with Crippen molar-refractivity contribution < 1.29 is 0 Å². The van der Waals surface area contributed by atoms with Gasteiger partial charge in [0, 0.05) is 25.2 Å². The van der Waals surface area contributed by atoms with Gasteiger partial charge in [-0.25, -0.2) is 0 Å². The van der Waals surface area contributed by atoms with Gasteiger partial charge < -0.3 is 15.1 Å². The Labute approximate surface area is 101 Å². The lowest BCUT2D eigenvalue weighted by atomic mass is 10.2. The lowest BCUT2D eigenvalue weighted by Gasteiger charge is -2.25. The molecule has 1 saturated heterocycles. The minimum absolute atomic E-state index is 0.681. The SMILES string of the molecule is CCCNC(CC)CN1CCC(N(C)C)C1. The van der Waals surface area contributed by atoms with Crippen molar-refractivity contribution in [2.24, 2.45) is 0 Å². The molecule has 0 aromatic carbocycles. The number of likely N-dealkylation sites (N-methyl/N-ethyl adjacent to an activating group) is 1. The first-order chi connectivity index (χ1) is 7.67. The molecule has 0 aromatic heterocycles. The van der Waals surface area contributed by atoms with Gasteiger partial charge in [-0.1, -0.05) is 13.8 Å². The highest BCUT2D eigenvalue weighted by Gasteiger charge is 2.25. The van der Waals surface area contributed by atoms with Crippen LogP contribution in [-0.2, 0) is 0 Å². The summed E-state index contributed by atoms with van der Waals surface area (Å²) in [5.74, 6) is 0. The molecule has 0 saturated carbocycles. The Balaban J connectivity index is 2.25. The van der Waals surface area contributed by atoms with E-state index in [-0.39, 0.29) is 0 Å². The zero-order chi connectivity index (χ0) is 12.0. The molecule has 1 fully saturated rings. The minimum Gasteiger partial charge on any atom is -0.313 e. The predicted octanol–water partition coefficient (Wildman–Crippen LogP) is 1.40. The molecule has 0 aliphatic carbocycles. The summed E-state index contributed by atoms with van der Waals surface area (Å²) in [6.45, 7) is 9.42. The maximum absolute atomic E-state index is 3.63. The number of rotatable bonds is 7. The maximum Gasteiger partial charge on any atom is 0.0229 e. The second kappa shape index (κ2) is 7.25. The Kier molecular flexibility index (Phi) is 6.32. The molecule has 16 heavy (non-hydrogen) atoms. The summed E-state index contributed by atoms with van der Waals surface area (Å²) in [5, 5.41) is 3.63. The van der Waals surface area contributed by atoms with E-state index in [0.717, 1.165) is 12.6 Å². The van der Waals surface area contributed by atoms with E-state index in [9.17, 15) is 0 Å². The summed E-state index contributed by atoms with van der Waals surface area (Å²) in [6.07, 6.45) is 3.80. The molecule has 0 radical (unpaired) electrons. The van der Waals surface area contributed by atoms with E-state index in [1.54, 1.807) is 0 Å². The average molecular weight is 227 g/mol. The molecule has 1 rings (SSSR count). The summed E-state index contributed by atoms with van der Waals surface area (Å²) in [7, 11) is 4.39. The second-order valence-corrected chi connectivity index (χ2v) is 5.22. The van der Waals surface area contributed by atoms with Crippen LogP contribution in [-0.4, -0.2) is 62.2 Å². The average Bonchev–Trinajstić information content (AvgIpc) is 2.72. The van der Waals surface area contributed by atoms with E-state index in [1.165, 1.54) is 38.9 Å². The van der Waals surface area contributed by atoms with Gasteiger partial charge in [0.2, 0.25) is 0 Å². The van der Waals surface area contributed by atoms with Crippen LogP contribution in [0.3, 0.4) is 0 Å². The van der Waals surface area contributed by atoms with Crippen molar-refractivity contribution in [1.29, 1.82) is 0 Å². The number of hydrogen-bond acceptors (Lipinski definition) is 3. The molecule has 2 atom stereocenters. The van der Waals surface area contributed by atoms with E-state index >= 15 is 0 Å². The van der Waals surface area contributed by atoms with Crippen LogP contribution in [0.4, 0.5) is 0 Å². The van der Waals surface area contributed by atoms with E-state index in [1.807, 2.05) is 0 Å². The Morgan fingerprint density at radius 3 is 2.62 bits per heavy atom. The first-order valence-electron chi connectivity index (χ1n) is 6.79. The van der Waals surface area contributed by atoms with Gasteiger partial charge >= 0.3 is 0 Å². The molecular formula is C13H29N3. The van der Waals surface area contributed by atoms with Crippen LogP contribution in [0.1, 0.15) is 33.1 Å². The molecule has 0 aromatic rings. The van der Waals surface area contributed by atoms with Gasteiger partial charge in [0.05, 0.1) is 0 Å². The van der Waals surface area contributed by atoms with Crippen molar-refractivity contribution in [3.8, 4) is 0 Å². The zero-order valence-electron chi connectivity index (χ0n) is 11.5. The highest BCUT2D eigenvalue weighted by atomic mass is 15.2. The summed E-state index contributed by atoms with van der Waals surface area (Å²) in [4.78, 5) is 4.97. The molecule has 2 unspecified atom stereocenters. The van der Waals surface area contributed by atoms with Gasteiger partial charge in [-0.3, -0.25) is 0 Å². The Morgan fingerprint density at radius 1 is 1.38 bits per heavy atom. The quantitative estimate of drug-likeness (QED) is 0.709. The third kappa shape index (κ3) is 4.40. The van der Waals surface area contributed by atoms with Crippen LogP contribution in [0.2, 0.25) is 0 Å². The first kappa shape index (κ1) is 13.9. The van der Waals surface area contributed by atoms with E-state index in [2.05, 4.69) is 43.1 Å². The van der Waals surface area contributed by atoms with Gasteiger partial charge in [-0.15, -0.1) is 0 Å². The van der Waals surface area contributed by atoms with Gasteiger partial charge in [0.1, 0.15) is 0 Å². The summed E-state index contributed by atoms with van der Waals surface area (Å²) in [6, 6.07) is 1.45. The number of likely N-dealkylation sites (tertiary alicyclic amines) is 1. The summed E-state index contributed by atoms with van der Waals surface area (Å²) < 4.78 is 0. The second-order valence-electron chi connectivity index (χ2n) is 5.22. The van der Waals surface area contributed by atoms with Gasteiger partial charge in [0.25, 0.3) is 0 Å². The lowest BCUT2D eigenvalue weighted by Crippen LogP contribution is -2.41. The minimum atomic E-state index is 0.681. The Morgan fingerprint density at radius 2 is 2.12 bits per heavy atom. The number of nitrogens with zero attached hydrogens (tertiary/aromatic N) is 2. The third-order valence-corrected chi connectivity index (χ3v) is 3.63. The number of nitrogens with one attached hydrogen (secondary N) is 1. The molecule has 1 heterocycles. The molecule has 3 nitrogen and oxygen atoms in total. The maximum atomic E-state index is 3.63. The molecule has 1 aliphatic heterocycles. The van der Waals surface area contributed by atoms with Crippen molar-refractivity contribution in [3.05, 3.63) is 0 Å².